The molecule has 6 fully saturated rings. The molecular weight excluding hydrogens is 235 g/mol. The molecule has 4 atom stereocenters. The van der Waals surface area contributed by atoms with E-state index >= 15 is 0 Å². The summed E-state index contributed by atoms with van der Waals surface area (Å²) in [5.41, 5.74) is 0. The van der Waals surface area contributed by atoms with Crippen LogP contribution in [0.25, 0.3) is 0 Å². The minimum Gasteiger partial charge on any atom is -0.0782 e. The molecule has 6 aliphatic rings. The summed E-state index contributed by atoms with van der Waals surface area (Å²) in [4.78, 5) is 0. The predicted molar refractivity (Wildman–Crippen MR) is 45.8 cm³/mol. The van der Waals surface area contributed by atoms with Crippen LogP contribution in [0.2, 0.25) is 0 Å². The van der Waals surface area contributed by atoms with Crippen molar-refractivity contribution >= 4 is 22.6 Å². The quantitative estimate of drug-likeness (QED) is 0.451. The van der Waals surface area contributed by atoms with Crippen molar-refractivity contribution < 1.29 is 0 Å². The van der Waals surface area contributed by atoms with Crippen LogP contribution in [0.15, 0.2) is 0 Å². The SMILES string of the molecule is IC12CC3C4C5C3C1C5C42. The lowest BCUT2D eigenvalue weighted by Crippen LogP contribution is -2.85. The van der Waals surface area contributed by atoms with Gasteiger partial charge < -0.3 is 0 Å². The highest BCUT2D eigenvalue weighted by Gasteiger charge is 2.95. The van der Waals surface area contributed by atoms with Gasteiger partial charge in [0.25, 0.3) is 0 Å². The van der Waals surface area contributed by atoms with E-state index in [2.05, 4.69) is 22.6 Å². The molecule has 0 saturated heterocycles. The first-order valence-electron chi connectivity index (χ1n) is 4.53. The third kappa shape index (κ3) is 0.181. The van der Waals surface area contributed by atoms with E-state index in [9.17, 15) is 0 Å². The fraction of sp³-hybridized carbons (Fsp3) is 1.00. The van der Waals surface area contributed by atoms with Crippen molar-refractivity contribution in [1.29, 1.82) is 0 Å². The number of alkyl halides is 1. The second-order valence-electron chi connectivity index (χ2n) is 5.16. The lowest BCUT2D eigenvalue weighted by Gasteiger charge is -2.86. The molecule has 2 bridgehead atoms. The fourth-order valence-electron chi connectivity index (χ4n) is 5.68. The van der Waals surface area contributed by atoms with Crippen molar-refractivity contribution in [3.05, 3.63) is 0 Å². The molecule has 6 rings (SSSR count). The molecule has 6 saturated carbocycles. The Bertz CT molecular complexity index is 252. The van der Waals surface area contributed by atoms with Crippen LogP contribution in [0.5, 0.6) is 0 Å². The average molecular weight is 244 g/mol. The summed E-state index contributed by atoms with van der Waals surface area (Å²) in [6, 6.07) is 0. The highest BCUT2D eigenvalue weighted by Crippen LogP contribution is 2.97. The smallest absolute Gasteiger partial charge is 0.0292 e. The first kappa shape index (κ1) is 4.68. The van der Waals surface area contributed by atoms with Gasteiger partial charge in [0.15, 0.2) is 0 Å². The van der Waals surface area contributed by atoms with Gasteiger partial charge in [-0.25, -0.2) is 0 Å². The third-order valence-electron chi connectivity index (χ3n) is 5.64. The minimum atomic E-state index is 0.886. The second-order valence-corrected chi connectivity index (χ2v) is 7.16. The largest absolute Gasteiger partial charge is 0.0782 e. The Kier molecular flexibility index (Phi) is 0.421. The van der Waals surface area contributed by atoms with E-state index in [4.69, 9.17) is 0 Å². The van der Waals surface area contributed by atoms with E-state index in [0.29, 0.717) is 0 Å². The zero-order valence-corrected chi connectivity index (χ0v) is 7.78. The summed E-state index contributed by atoms with van der Waals surface area (Å²) in [5.74, 6) is 8.88. The van der Waals surface area contributed by atoms with Gasteiger partial charge in [0.2, 0.25) is 0 Å². The van der Waals surface area contributed by atoms with Crippen LogP contribution >= 0.6 is 22.6 Å². The average Bonchev–Trinajstić information content (AvgIpc) is 2.09. The molecule has 10 heavy (non-hydrogen) atoms. The van der Waals surface area contributed by atoms with Crippen molar-refractivity contribution in [2.45, 2.75) is 9.84 Å². The molecule has 0 heterocycles. The molecule has 4 unspecified atom stereocenters. The maximum atomic E-state index is 2.81. The van der Waals surface area contributed by atoms with E-state index in [1.54, 1.807) is 6.42 Å². The van der Waals surface area contributed by atoms with E-state index in [-0.39, 0.29) is 0 Å². The van der Waals surface area contributed by atoms with Crippen molar-refractivity contribution in [2.24, 2.45) is 41.4 Å². The maximum Gasteiger partial charge on any atom is 0.0292 e. The molecule has 0 aromatic carbocycles. The summed E-state index contributed by atoms with van der Waals surface area (Å²) in [6.07, 6.45) is 1.63. The first-order chi connectivity index (χ1) is 4.84. The normalized spacial score (nSPS) is 97.5. The van der Waals surface area contributed by atoms with Gasteiger partial charge in [0, 0.05) is 3.42 Å². The molecule has 0 aromatic rings. The summed E-state index contributed by atoms with van der Waals surface area (Å²) >= 11 is 2.81. The van der Waals surface area contributed by atoms with Crippen LogP contribution in [0.1, 0.15) is 6.42 Å². The van der Waals surface area contributed by atoms with Crippen LogP contribution in [0, 0.1) is 41.4 Å². The van der Waals surface area contributed by atoms with Crippen molar-refractivity contribution in [3.63, 3.8) is 0 Å². The highest BCUT2D eigenvalue weighted by molar-refractivity contribution is 14.1. The standard InChI is InChI=1S/C9H9I/c10-9-1-2-3-5-4(2)8(9)6(5)7(3)9/h2-8H,1H2. The Morgan fingerprint density at radius 2 is 1.70 bits per heavy atom. The Morgan fingerprint density at radius 1 is 1.00 bits per heavy atom. The number of halogens is 1. The first-order valence-corrected chi connectivity index (χ1v) is 5.61. The molecule has 0 aromatic heterocycles. The summed E-state index contributed by atoms with van der Waals surface area (Å²) in [7, 11) is 0. The molecule has 0 nitrogen and oxygen atoms in total. The molecule has 0 N–H and O–H groups in total. The Balaban J connectivity index is 1.92. The molecule has 52 valence electrons. The van der Waals surface area contributed by atoms with E-state index < -0.39 is 0 Å². The van der Waals surface area contributed by atoms with Crippen molar-refractivity contribution in [3.8, 4) is 0 Å². The zero-order chi connectivity index (χ0) is 6.25. The molecule has 6 aliphatic carbocycles. The van der Waals surface area contributed by atoms with Gasteiger partial charge in [-0.05, 0) is 47.8 Å². The second kappa shape index (κ2) is 0.898. The van der Waals surface area contributed by atoms with Crippen LogP contribution in [0.3, 0.4) is 0 Å². The van der Waals surface area contributed by atoms with E-state index in [1.807, 2.05) is 0 Å². The van der Waals surface area contributed by atoms with E-state index in [0.717, 1.165) is 3.42 Å². The van der Waals surface area contributed by atoms with Crippen molar-refractivity contribution in [2.75, 3.05) is 0 Å². The Hall–Kier alpha value is 0.730. The lowest BCUT2D eigenvalue weighted by atomic mass is 9.20. The Morgan fingerprint density at radius 3 is 2.10 bits per heavy atom. The molecule has 0 spiro atoms. The highest BCUT2D eigenvalue weighted by atomic mass is 127. The molecule has 0 aliphatic heterocycles. The molecular formula is C9H9I. The Labute approximate surface area is 73.9 Å². The number of hydrogen-bond acceptors (Lipinski definition) is 0. The monoisotopic (exact) mass is 244 g/mol. The fourth-order valence-corrected chi connectivity index (χ4v) is 7.85. The lowest BCUT2D eigenvalue weighted by molar-refractivity contribution is -0.365. The van der Waals surface area contributed by atoms with E-state index in [1.165, 1.54) is 41.4 Å². The van der Waals surface area contributed by atoms with Gasteiger partial charge >= 0.3 is 0 Å². The van der Waals surface area contributed by atoms with Gasteiger partial charge in [0.05, 0.1) is 0 Å². The maximum absolute atomic E-state index is 2.81. The topological polar surface area (TPSA) is 0 Å². The third-order valence-corrected chi connectivity index (χ3v) is 7.52. The van der Waals surface area contributed by atoms with Gasteiger partial charge in [0.1, 0.15) is 0 Å². The van der Waals surface area contributed by atoms with Crippen LogP contribution < -0.4 is 0 Å². The van der Waals surface area contributed by atoms with Crippen LogP contribution in [-0.2, 0) is 0 Å². The van der Waals surface area contributed by atoms with Gasteiger partial charge in [-0.2, -0.15) is 0 Å². The van der Waals surface area contributed by atoms with Crippen LogP contribution in [-0.4, -0.2) is 3.42 Å². The predicted octanol–water partition coefficient (Wildman–Crippen LogP) is 1.93. The van der Waals surface area contributed by atoms with Crippen molar-refractivity contribution in [1.82, 2.24) is 0 Å². The number of rotatable bonds is 0. The molecule has 0 radical (unpaired) electrons. The van der Waals surface area contributed by atoms with Gasteiger partial charge in [-0.1, -0.05) is 22.6 Å². The summed E-state index contributed by atoms with van der Waals surface area (Å²) < 4.78 is 0.886. The molecule has 1 heteroatoms. The van der Waals surface area contributed by atoms with Gasteiger partial charge in [-0.3, -0.25) is 0 Å². The summed E-state index contributed by atoms with van der Waals surface area (Å²) in [6.45, 7) is 0. The number of hydrogen-bond donors (Lipinski definition) is 0. The minimum absolute atomic E-state index is 0.886. The summed E-state index contributed by atoms with van der Waals surface area (Å²) in [5, 5.41) is 0. The van der Waals surface area contributed by atoms with Gasteiger partial charge in [-0.15, -0.1) is 0 Å². The molecule has 0 amide bonds. The zero-order valence-electron chi connectivity index (χ0n) is 5.63. The van der Waals surface area contributed by atoms with Crippen LogP contribution in [0.4, 0.5) is 0 Å².